The van der Waals surface area contributed by atoms with Gasteiger partial charge in [0.25, 0.3) is 0 Å². The normalized spacial score (nSPS) is 21.3. The fourth-order valence-corrected chi connectivity index (χ4v) is 2.62. The molecule has 2 atom stereocenters. The number of aliphatic hydroxyl groups excluding tert-OH is 1. The Bertz CT molecular complexity index is 523. The van der Waals surface area contributed by atoms with Crippen molar-refractivity contribution in [1.29, 1.82) is 0 Å². The van der Waals surface area contributed by atoms with Crippen LogP contribution < -0.4 is 10.6 Å². The highest BCUT2D eigenvalue weighted by molar-refractivity contribution is 5.60. The maximum atomic E-state index is 11.2. The standard InChI is InChI=1S/C13H21N5O3/c1-3-14-13-16-8(2)11(18(20)21)12(17-13)15-7-9-4-5-10(19)6-9/h9-10,19H,3-7H2,1-2H3,(H2,14,15,16,17). The molecule has 116 valence electrons. The third-order valence-electron chi connectivity index (χ3n) is 3.65. The number of hydrogen-bond acceptors (Lipinski definition) is 7. The maximum absolute atomic E-state index is 11.2. The maximum Gasteiger partial charge on any atom is 0.332 e. The zero-order chi connectivity index (χ0) is 15.4. The van der Waals surface area contributed by atoms with Crippen LogP contribution in [-0.2, 0) is 0 Å². The number of nitrogens with one attached hydrogen (secondary N) is 2. The minimum atomic E-state index is -0.461. The van der Waals surface area contributed by atoms with E-state index in [-0.39, 0.29) is 17.6 Å². The molecular formula is C13H21N5O3. The average molecular weight is 295 g/mol. The minimum absolute atomic E-state index is 0.0878. The summed E-state index contributed by atoms with van der Waals surface area (Å²) in [6.45, 7) is 4.73. The predicted octanol–water partition coefficient (Wildman–Crippen LogP) is 1.70. The van der Waals surface area contributed by atoms with E-state index in [1.165, 1.54) is 0 Å². The summed E-state index contributed by atoms with van der Waals surface area (Å²) < 4.78 is 0. The number of nitro groups is 1. The molecule has 8 nitrogen and oxygen atoms in total. The molecule has 0 saturated heterocycles. The molecule has 0 aliphatic heterocycles. The van der Waals surface area contributed by atoms with Gasteiger partial charge >= 0.3 is 5.69 Å². The third-order valence-corrected chi connectivity index (χ3v) is 3.65. The van der Waals surface area contributed by atoms with Crippen LogP contribution in [0.3, 0.4) is 0 Å². The molecule has 0 amide bonds. The van der Waals surface area contributed by atoms with Gasteiger partial charge in [-0.05, 0) is 39.0 Å². The summed E-state index contributed by atoms with van der Waals surface area (Å²) in [7, 11) is 0. The zero-order valence-electron chi connectivity index (χ0n) is 12.3. The Labute approximate surface area is 123 Å². The van der Waals surface area contributed by atoms with Crippen LogP contribution >= 0.6 is 0 Å². The second-order valence-corrected chi connectivity index (χ2v) is 5.33. The molecule has 0 radical (unpaired) electrons. The first-order valence-electron chi connectivity index (χ1n) is 7.20. The highest BCUT2D eigenvalue weighted by atomic mass is 16.6. The molecule has 1 saturated carbocycles. The number of anilines is 2. The van der Waals surface area contributed by atoms with Crippen molar-refractivity contribution in [3.63, 3.8) is 0 Å². The van der Waals surface area contributed by atoms with Gasteiger partial charge in [0.2, 0.25) is 11.8 Å². The molecule has 1 aromatic rings. The number of nitrogens with zero attached hydrogens (tertiary/aromatic N) is 3. The molecule has 3 N–H and O–H groups in total. The van der Waals surface area contributed by atoms with Crippen LogP contribution in [0.4, 0.5) is 17.5 Å². The van der Waals surface area contributed by atoms with Crippen LogP contribution in [0.2, 0.25) is 0 Å². The first-order chi connectivity index (χ1) is 10.0. The van der Waals surface area contributed by atoms with Gasteiger partial charge in [0, 0.05) is 13.1 Å². The Hall–Kier alpha value is -1.96. The lowest BCUT2D eigenvalue weighted by Gasteiger charge is -2.13. The number of hydrogen-bond donors (Lipinski definition) is 3. The summed E-state index contributed by atoms with van der Waals surface area (Å²) in [6, 6.07) is 0. The third kappa shape index (κ3) is 3.78. The molecule has 0 bridgehead atoms. The van der Waals surface area contributed by atoms with Crippen molar-refractivity contribution in [3.8, 4) is 0 Å². The first kappa shape index (κ1) is 15.4. The van der Waals surface area contributed by atoms with Crippen molar-refractivity contribution < 1.29 is 10.0 Å². The molecule has 8 heteroatoms. The summed E-state index contributed by atoms with van der Waals surface area (Å²) in [6.07, 6.45) is 2.19. The van der Waals surface area contributed by atoms with Crippen molar-refractivity contribution in [2.24, 2.45) is 5.92 Å². The lowest BCUT2D eigenvalue weighted by atomic mass is 10.1. The van der Waals surface area contributed by atoms with E-state index in [0.717, 1.165) is 19.3 Å². The highest BCUT2D eigenvalue weighted by Crippen LogP contribution is 2.29. The van der Waals surface area contributed by atoms with Crippen molar-refractivity contribution in [3.05, 3.63) is 15.8 Å². The van der Waals surface area contributed by atoms with Crippen LogP contribution in [0.25, 0.3) is 0 Å². The average Bonchev–Trinajstić information content (AvgIpc) is 2.81. The largest absolute Gasteiger partial charge is 0.393 e. The second-order valence-electron chi connectivity index (χ2n) is 5.33. The first-order valence-corrected chi connectivity index (χ1v) is 7.20. The molecule has 1 aromatic heterocycles. The monoisotopic (exact) mass is 295 g/mol. The summed E-state index contributed by atoms with van der Waals surface area (Å²) >= 11 is 0. The van der Waals surface area contributed by atoms with Crippen molar-refractivity contribution >= 4 is 17.5 Å². The van der Waals surface area contributed by atoms with Gasteiger partial charge in [-0.2, -0.15) is 4.98 Å². The fourth-order valence-electron chi connectivity index (χ4n) is 2.62. The Morgan fingerprint density at radius 3 is 2.71 bits per heavy atom. The molecule has 2 unspecified atom stereocenters. The number of aryl methyl sites for hydroxylation is 1. The zero-order valence-corrected chi connectivity index (χ0v) is 12.3. The summed E-state index contributed by atoms with van der Waals surface area (Å²) in [5, 5.41) is 26.7. The van der Waals surface area contributed by atoms with E-state index >= 15 is 0 Å². The van der Waals surface area contributed by atoms with Crippen LogP contribution in [0.5, 0.6) is 0 Å². The SMILES string of the molecule is CCNc1nc(C)c([N+](=O)[O-])c(NCC2CCC(O)C2)n1. The van der Waals surface area contributed by atoms with Gasteiger partial charge in [-0.1, -0.05) is 0 Å². The quantitative estimate of drug-likeness (QED) is 0.540. The smallest absolute Gasteiger partial charge is 0.332 e. The lowest BCUT2D eigenvalue weighted by molar-refractivity contribution is -0.385. The number of aliphatic hydroxyl groups is 1. The van der Waals surface area contributed by atoms with Crippen LogP contribution in [0.1, 0.15) is 31.9 Å². The fraction of sp³-hybridized carbons (Fsp3) is 0.692. The number of rotatable bonds is 6. The minimum Gasteiger partial charge on any atom is -0.393 e. The summed E-state index contributed by atoms with van der Waals surface area (Å²) in [5.41, 5.74) is 0.245. The van der Waals surface area contributed by atoms with Crippen molar-refractivity contribution in [2.45, 2.75) is 39.2 Å². The van der Waals surface area contributed by atoms with Crippen LogP contribution in [0, 0.1) is 23.0 Å². The summed E-state index contributed by atoms with van der Waals surface area (Å²) in [5.74, 6) is 0.942. The Morgan fingerprint density at radius 1 is 1.38 bits per heavy atom. The molecule has 0 aromatic carbocycles. The Kier molecular flexibility index (Phi) is 4.89. The molecule has 1 heterocycles. The van der Waals surface area contributed by atoms with Gasteiger partial charge in [-0.25, -0.2) is 4.98 Å². The Morgan fingerprint density at radius 2 is 2.14 bits per heavy atom. The molecular weight excluding hydrogens is 274 g/mol. The number of aromatic nitrogens is 2. The predicted molar refractivity (Wildman–Crippen MR) is 79.4 cm³/mol. The van der Waals surface area contributed by atoms with Gasteiger partial charge in [-0.3, -0.25) is 10.1 Å². The molecule has 1 fully saturated rings. The van der Waals surface area contributed by atoms with E-state index in [1.54, 1.807) is 6.92 Å². The molecule has 1 aliphatic carbocycles. The summed E-state index contributed by atoms with van der Waals surface area (Å²) in [4.78, 5) is 19.0. The van der Waals surface area contributed by atoms with E-state index in [0.29, 0.717) is 30.6 Å². The topological polar surface area (TPSA) is 113 Å². The van der Waals surface area contributed by atoms with Crippen LogP contribution in [0.15, 0.2) is 0 Å². The van der Waals surface area contributed by atoms with E-state index in [4.69, 9.17) is 0 Å². The van der Waals surface area contributed by atoms with E-state index in [9.17, 15) is 15.2 Å². The second kappa shape index (κ2) is 6.66. The molecule has 21 heavy (non-hydrogen) atoms. The van der Waals surface area contributed by atoms with Gasteiger partial charge in [0.05, 0.1) is 11.0 Å². The van der Waals surface area contributed by atoms with E-state index in [1.807, 2.05) is 6.92 Å². The van der Waals surface area contributed by atoms with Crippen molar-refractivity contribution in [1.82, 2.24) is 9.97 Å². The van der Waals surface area contributed by atoms with Crippen molar-refractivity contribution in [2.75, 3.05) is 23.7 Å². The van der Waals surface area contributed by atoms with Gasteiger partial charge < -0.3 is 15.7 Å². The van der Waals surface area contributed by atoms with E-state index < -0.39 is 4.92 Å². The lowest BCUT2D eigenvalue weighted by Crippen LogP contribution is -2.16. The molecule has 1 aliphatic rings. The Balaban J connectivity index is 2.16. The van der Waals surface area contributed by atoms with Gasteiger partial charge in [0.15, 0.2) is 0 Å². The molecule has 0 spiro atoms. The van der Waals surface area contributed by atoms with Crippen LogP contribution in [-0.4, -0.2) is 39.2 Å². The van der Waals surface area contributed by atoms with Gasteiger partial charge in [-0.15, -0.1) is 0 Å². The van der Waals surface area contributed by atoms with E-state index in [2.05, 4.69) is 20.6 Å². The molecule has 2 rings (SSSR count). The highest BCUT2D eigenvalue weighted by Gasteiger charge is 2.26. The van der Waals surface area contributed by atoms with Gasteiger partial charge in [0.1, 0.15) is 5.69 Å².